The molecule has 1 atom stereocenters. The second-order valence-electron chi connectivity index (χ2n) is 5.18. The molecule has 2 rings (SSSR count). The fraction of sp³-hybridized carbons (Fsp3) is 0.500. The average molecular weight is 296 g/mol. The number of benzene rings is 1. The minimum atomic E-state index is -2.89. The SMILES string of the molecule is CCC(=O)Nc1ccc(C)c(NC2CCS(=O)(=O)C2)c1. The topological polar surface area (TPSA) is 75.3 Å². The van der Waals surface area contributed by atoms with Crippen molar-refractivity contribution in [2.45, 2.75) is 32.7 Å². The summed E-state index contributed by atoms with van der Waals surface area (Å²) in [5, 5.41) is 6.07. The Morgan fingerprint density at radius 3 is 2.75 bits per heavy atom. The Hall–Kier alpha value is -1.56. The first-order valence-corrected chi connectivity index (χ1v) is 8.59. The van der Waals surface area contributed by atoms with E-state index < -0.39 is 9.84 Å². The van der Waals surface area contributed by atoms with Crippen molar-refractivity contribution in [2.24, 2.45) is 0 Å². The number of hydrogen-bond acceptors (Lipinski definition) is 4. The summed E-state index contributed by atoms with van der Waals surface area (Å²) in [6.45, 7) is 3.75. The van der Waals surface area contributed by atoms with Crippen LogP contribution in [0.1, 0.15) is 25.3 Å². The molecular weight excluding hydrogens is 276 g/mol. The Balaban J connectivity index is 2.11. The lowest BCUT2D eigenvalue weighted by Gasteiger charge is -2.16. The first kappa shape index (κ1) is 14.8. The van der Waals surface area contributed by atoms with Crippen molar-refractivity contribution < 1.29 is 13.2 Å². The Bertz CT molecular complexity index is 611. The molecule has 1 saturated heterocycles. The monoisotopic (exact) mass is 296 g/mol. The maximum absolute atomic E-state index is 11.5. The third kappa shape index (κ3) is 3.72. The first-order chi connectivity index (χ1) is 9.39. The number of nitrogens with one attached hydrogen (secondary N) is 2. The van der Waals surface area contributed by atoms with Crippen molar-refractivity contribution in [3.8, 4) is 0 Å². The standard InChI is InChI=1S/C14H20N2O3S/c1-3-14(17)16-11-5-4-10(2)13(8-11)15-12-6-7-20(18,19)9-12/h4-5,8,12,15H,3,6-7,9H2,1-2H3,(H,16,17). The van der Waals surface area contributed by atoms with E-state index in [9.17, 15) is 13.2 Å². The van der Waals surface area contributed by atoms with Crippen molar-refractivity contribution in [3.63, 3.8) is 0 Å². The molecule has 1 heterocycles. The fourth-order valence-corrected chi connectivity index (χ4v) is 3.91. The van der Waals surface area contributed by atoms with Gasteiger partial charge in [-0.3, -0.25) is 4.79 Å². The summed E-state index contributed by atoms with van der Waals surface area (Å²) in [6.07, 6.45) is 1.06. The number of hydrogen-bond donors (Lipinski definition) is 2. The molecule has 0 radical (unpaired) electrons. The zero-order chi connectivity index (χ0) is 14.8. The molecule has 2 N–H and O–H groups in total. The van der Waals surface area contributed by atoms with E-state index in [0.29, 0.717) is 12.8 Å². The largest absolute Gasteiger partial charge is 0.381 e. The van der Waals surface area contributed by atoms with Gasteiger partial charge in [-0.2, -0.15) is 0 Å². The minimum Gasteiger partial charge on any atom is -0.381 e. The maximum atomic E-state index is 11.5. The van der Waals surface area contributed by atoms with Crippen molar-refractivity contribution in [1.29, 1.82) is 0 Å². The molecule has 1 aromatic carbocycles. The number of carbonyl (C=O) groups excluding carboxylic acids is 1. The third-order valence-corrected chi connectivity index (χ3v) is 5.20. The summed E-state index contributed by atoms with van der Waals surface area (Å²) >= 11 is 0. The summed E-state index contributed by atoms with van der Waals surface area (Å²) in [5.74, 6) is 0.386. The molecule has 1 aromatic rings. The summed E-state index contributed by atoms with van der Waals surface area (Å²) in [6, 6.07) is 5.57. The molecule has 0 saturated carbocycles. The molecule has 0 aliphatic carbocycles. The Labute approximate surface area is 119 Å². The fourth-order valence-electron chi connectivity index (χ4n) is 2.23. The van der Waals surface area contributed by atoms with E-state index in [2.05, 4.69) is 10.6 Å². The van der Waals surface area contributed by atoms with Gasteiger partial charge >= 0.3 is 0 Å². The zero-order valence-electron chi connectivity index (χ0n) is 11.8. The van der Waals surface area contributed by atoms with Gasteiger partial charge in [0.1, 0.15) is 0 Å². The van der Waals surface area contributed by atoms with Gasteiger partial charge in [0.05, 0.1) is 11.5 Å². The predicted octanol–water partition coefficient (Wildman–Crippen LogP) is 1.94. The van der Waals surface area contributed by atoms with E-state index in [4.69, 9.17) is 0 Å². The highest BCUT2D eigenvalue weighted by Crippen LogP contribution is 2.24. The molecule has 5 nitrogen and oxygen atoms in total. The molecule has 1 fully saturated rings. The van der Waals surface area contributed by atoms with E-state index in [1.807, 2.05) is 25.1 Å². The van der Waals surface area contributed by atoms with E-state index in [-0.39, 0.29) is 23.5 Å². The van der Waals surface area contributed by atoms with Crippen molar-refractivity contribution in [3.05, 3.63) is 23.8 Å². The Morgan fingerprint density at radius 2 is 2.15 bits per heavy atom. The molecule has 1 amide bonds. The van der Waals surface area contributed by atoms with E-state index >= 15 is 0 Å². The second kappa shape index (κ2) is 5.83. The number of carbonyl (C=O) groups is 1. The molecule has 6 heteroatoms. The second-order valence-corrected chi connectivity index (χ2v) is 7.40. The number of sulfone groups is 1. The molecule has 1 aliphatic rings. The maximum Gasteiger partial charge on any atom is 0.224 e. The molecule has 1 aliphatic heterocycles. The lowest BCUT2D eigenvalue weighted by molar-refractivity contribution is -0.115. The van der Waals surface area contributed by atoms with Crippen LogP contribution in [0.2, 0.25) is 0 Å². The van der Waals surface area contributed by atoms with Gasteiger partial charge in [0.15, 0.2) is 9.84 Å². The summed E-state index contributed by atoms with van der Waals surface area (Å²) in [7, 11) is -2.89. The van der Waals surface area contributed by atoms with Gasteiger partial charge in [0, 0.05) is 23.8 Å². The van der Waals surface area contributed by atoms with Crippen LogP contribution in [0.15, 0.2) is 18.2 Å². The van der Waals surface area contributed by atoms with Crippen LogP contribution in [-0.4, -0.2) is 31.9 Å². The van der Waals surface area contributed by atoms with Gasteiger partial charge in [0.2, 0.25) is 5.91 Å². The van der Waals surface area contributed by atoms with E-state index in [1.165, 1.54) is 0 Å². The van der Waals surface area contributed by atoms with Crippen LogP contribution in [0.25, 0.3) is 0 Å². The predicted molar refractivity (Wildman–Crippen MR) is 80.8 cm³/mol. The highest BCUT2D eigenvalue weighted by Gasteiger charge is 2.27. The highest BCUT2D eigenvalue weighted by molar-refractivity contribution is 7.91. The van der Waals surface area contributed by atoms with Crippen molar-refractivity contribution in [2.75, 3.05) is 22.1 Å². The Morgan fingerprint density at radius 1 is 1.40 bits per heavy atom. The molecule has 110 valence electrons. The van der Waals surface area contributed by atoms with Gasteiger partial charge in [-0.05, 0) is 31.0 Å². The van der Waals surface area contributed by atoms with Crippen LogP contribution in [0.4, 0.5) is 11.4 Å². The van der Waals surface area contributed by atoms with E-state index in [0.717, 1.165) is 16.9 Å². The summed E-state index contributed by atoms with van der Waals surface area (Å²) in [5.41, 5.74) is 2.63. The number of amides is 1. The van der Waals surface area contributed by atoms with E-state index in [1.54, 1.807) is 6.92 Å². The molecule has 1 unspecified atom stereocenters. The van der Waals surface area contributed by atoms with Crippen molar-refractivity contribution >= 4 is 27.1 Å². The van der Waals surface area contributed by atoms with Crippen LogP contribution < -0.4 is 10.6 Å². The first-order valence-electron chi connectivity index (χ1n) is 6.77. The average Bonchev–Trinajstić information content (AvgIpc) is 2.72. The van der Waals surface area contributed by atoms with Gasteiger partial charge in [0.25, 0.3) is 0 Å². The number of rotatable bonds is 4. The van der Waals surface area contributed by atoms with Gasteiger partial charge in [-0.25, -0.2) is 8.42 Å². The van der Waals surface area contributed by atoms with Crippen LogP contribution in [-0.2, 0) is 14.6 Å². The van der Waals surface area contributed by atoms with Crippen LogP contribution in [0.3, 0.4) is 0 Å². The molecular formula is C14H20N2O3S. The summed E-state index contributed by atoms with van der Waals surface area (Å²) < 4.78 is 22.9. The third-order valence-electron chi connectivity index (χ3n) is 3.43. The highest BCUT2D eigenvalue weighted by atomic mass is 32.2. The Kier molecular flexibility index (Phi) is 4.32. The smallest absolute Gasteiger partial charge is 0.224 e. The number of aryl methyl sites for hydroxylation is 1. The molecule has 20 heavy (non-hydrogen) atoms. The normalized spacial score (nSPS) is 20.6. The van der Waals surface area contributed by atoms with Crippen LogP contribution in [0.5, 0.6) is 0 Å². The summed E-state index contributed by atoms with van der Waals surface area (Å²) in [4.78, 5) is 11.4. The van der Waals surface area contributed by atoms with Crippen molar-refractivity contribution in [1.82, 2.24) is 0 Å². The van der Waals surface area contributed by atoms with Crippen LogP contribution in [0, 0.1) is 6.92 Å². The van der Waals surface area contributed by atoms with Gasteiger partial charge < -0.3 is 10.6 Å². The molecule has 0 bridgehead atoms. The lowest BCUT2D eigenvalue weighted by atomic mass is 10.1. The van der Waals surface area contributed by atoms with Gasteiger partial charge in [-0.15, -0.1) is 0 Å². The number of anilines is 2. The van der Waals surface area contributed by atoms with Gasteiger partial charge in [-0.1, -0.05) is 13.0 Å². The lowest BCUT2D eigenvalue weighted by Crippen LogP contribution is -2.21. The zero-order valence-corrected chi connectivity index (χ0v) is 12.6. The quantitative estimate of drug-likeness (QED) is 0.890. The molecule has 0 aromatic heterocycles. The molecule has 0 spiro atoms. The van der Waals surface area contributed by atoms with Crippen LogP contribution >= 0.6 is 0 Å². The minimum absolute atomic E-state index is 0.0387.